The molecule has 13 heteroatoms. The number of fused-ring (bicyclic) bond motifs is 3. The Balaban J connectivity index is 1.26. The Bertz CT molecular complexity index is 1800. The second kappa shape index (κ2) is 12.7. The van der Waals surface area contributed by atoms with Crippen molar-refractivity contribution in [2.75, 3.05) is 69.0 Å². The molecule has 7 rings (SSSR count). The third-order valence-electron chi connectivity index (χ3n) is 9.41. The Labute approximate surface area is 272 Å². The van der Waals surface area contributed by atoms with Crippen molar-refractivity contribution in [2.24, 2.45) is 0 Å². The van der Waals surface area contributed by atoms with E-state index in [4.69, 9.17) is 15.5 Å². The lowest BCUT2D eigenvalue weighted by Crippen LogP contribution is -2.48. The number of aromatic nitrogens is 4. The SMILES string of the molecule is COc1cc(CN(Cc2c3n(c4nc(N5CCN(C)CC5)c(F)cc4c2=O)C(C)S3)[C@H]2CCCN(c3ccc(N)nc3)C2)ccn1. The van der Waals surface area contributed by atoms with Crippen LogP contribution in [0.3, 0.4) is 0 Å². The van der Waals surface area contributed by atoms with Crippen molar-refractivity contribution in [3.05, 3.63) is 69.9 Å². The molecule has 0 amide bonds. The summed E-state index contributed by atoms with van der Waals surface area (Å²) in [6.07, 6.45) is 5.55. The number of nitrogens with zero attached hydrogens (tertiary/aromatic N) is 8. The Morgan fingerprint density at radius 2 is 1.91 bits per heavy atom. The zero-order chi connectivity index (χ0) is 31.9. The smallest absolute Gasteiger partial charge is 0.213 e. The van der Waals surface area contributed by atoms with E-state index >= 15 is 4.39 Å². The lowest BCUT2D eigenvalue weighted by atomic mass is 10.0. The number of thioether (sulfide) groups is 1. The molecule has 0 saturated carbocycles. The van der Waals surface area contributed by atoms with Gasteiger partial charge >= 0.3 is 0 Å². The number of likely N-dealkylation sites (N-methyl/N-ethyl adjacent to an activating group) is 1. The van der Waals surface area contributed by atoms with Crippen LogP contribution in [0.5, 0.6) is 5.88 Å². The number of nitrogen functional groups attached to an aromatic ring is 1. The van der Waals surface area contributed by atoms with Crippen LogP contribution in [0.15, 0.2) is 52.5 Å². The molecule has 242 valence electrons. The molecule has 4 aromatic heterocycles. The van der Waals surface area contributed by atoms with Crippen molar-refractivity contribution >= 4 is 40.1 Å². The van der Waals surface area contributed by atoms with Gasteiger partial charge in [0.05, 0.1) is 34.8 Å². The first kappa shape index (κ1) is 30.7. The van der Waals surface area contributed by atoms with E-state index in [-0.39, 0.29) is 16.8 Å². The first-order valence-corrected chi connectivity index (χ1v) is 16.7. The summed E-state index contributed by atoms with van der Waals surface area (Å²) >= 11 is 1.68. The lowest BCUT2D eigenvalue weighted by molar-refractivity contribution is 0.156. The molecule has 0 bridgehead atoms. The topological polar surface area (TPSA) is 109 Å². The van der Waals surface area contributed by atoms with Crippen LogP contribution in [0, 0.1) is 5.82 Å². The van der Waals surface area contributed by atoms with Crippen LogP contribution in [0.4, 0.5) is 21.7 Å². The van der Waals surface area contributed by atoms with Gasteiger partial charge in [-0.1, -0.05) is 11.8 Å². The van der Waals surface area contributed by atoms with Gasteiger partial charge in [-0.15, -0.1) is 0 Å². The van der Waals surface area contributed by atoms with Crippen molar-refractivity contribution in [3.63, 3.8) is 0 Å². The van der Waals surface area contributed by atoms with Crippen molar-refractivity contribution in [1.29, 1.82) is 0 Å². The van der Waals surface area contributed by atoms with Gasteiger partial charge in [0, 0.05) is 76.2 Å². The van der Waals surface area contributed by atoms with Crippen LogP contribution in [-0.4, -0.2) is 88.8 Å². The number of nitrogens with two attached hydrogens (primary N) is 1. The van der Waals surface area contributed by atoms with Gasteiger partial charge in [-0.3, -0.25) is 9.69 Å². The summed E-state index contributed by atoms with van der Waals surface area (Å²) in [7, 11) is 3.68. The average Bonchev–Trinajstić information content (AvgIpc) is 3.06. The van der Waals surface area contributed by atoms with Crippen LogP contribution in [-0.2, 0) is 13.1 Å². The second-order valence-corrected chi connectivity index (χ2v) is 13.8. The van der Waals surface area contributed by atoms with Gasteiger partial charge in [0.2, 0.25) is 5.88 Å². The summed E-state index contributed by atoms with van der Waals surface area (Å²) in [5, 5.41) is 1.35. The maximum absolute atomic E-state index is 15.7. The average molecular weight is 646 g/mol. The van der Waals surface area contributed by atoms with Crippen LogP contribution in [0.2, 0.25) is 0 Å². The Kier molecular flexibility index (Phi) is 8.47. The number of methoxy groups -OCH3 is 1. The Morgan fingerprint density at radius 3 is 2.65 bits per heavy atom. The molecular weight excluding hydrogens is 605 g/mol. The number of piperidine rings is 1. The summed E-state index contributed by atoms with van der Waals surface area (Å²) in [6.45, 7) is 7.91. The molecule has 11 nitrogen and oxygen atoms in total. The molecule has 3 aliphatic rings. The largest absolute Gasteiger partial charge is 0.481 e. The second-order valence-electron chi connectivity index (χ2n) is 12.5. The van der Waals surface area contributed by atoms with Gasteiger partial charge < -0.3 is 29.7 Å². The number of halogens is 1. The zero-order valence-corrected chi connectivity index (χ0v) is 27.3. The maximum atomic E-state index is 15.7. The van der Waals surface area contributed by atoms with Gasteiger partial charge in [0.25, 0.3) is 0 Å². The van der Waals surface area contributed by atoms with Gasteiger partial charge in [-0.2, -0.15) is 0 Å². The fourth-order valence-electron chi connectivity index (χ4n) is 6.82. The number of anilines is 3. The molecule has 4 aromatic rings. The number of pyridine rings is 4. The highest BCUT2D eigenvalue weighted by Crippen LogP contribution is 2.46. The molecule has 0 aliphatic carbocycles. The first-order chi connectivity index (χ1) is 22.3. The number of piperazine rings is 1. The molecule has 46 heavy (non-hydrogen) atoms. The summed E-state index contributed by atoms with van der Waals surface area (Å²) in [5.41, 5.74) is 9.05. The van der Waals surface area contributed by atoms with Crippen LogP contribution >= 0.6 is 11.8 Å². The minimum atomic E-state index is -0.443. The van der Waals surface area contributed by atoms with Gasteiger partial charge in [0.1, 0.15) is 11.5 Å². The van der Waals surface area contributed by atoms with Gasteiger partial charge in [-0.25, -0.2) is 19.3 Å². The van der Waals surface area contributed by atoms with Crippen LogP contribution in [0.25, 0.3) is 11.0 Å². The molecule has 1 unspecified atom stereocenters. The quantitative estimate of drug-likeness (QED) is 0.301. The molecule has 0 spiro atoms. The van der Waals surface area contributed by atoms with E-state index in [1.54, 1.807) is 25.1 Å². The Hall–Kier alpha value is -3.94. The maximum Gasteiger partial charge on any atom is 0.213 e. The van der Waals surface area contributed by atoms with E-state index in [0.29, 0.717) is 60.3 Å². The predicted octanol–water partition coefficient (Wildman–Crippen LogP) is 3.96. The molecular formula is C33H40FN9O2S. The summed E-state index contributed by atoms with van der Waals surface area (Å²) in [4.78, 5) is 36.6. The predicted molar refractivity (Wildman–Crippen MR) is 180 cm³/mol. The van der Waals surface area contributed by atoms with Crippen molar-refractivity contribution in [2.45, 2.75) is 49.3 Å². The molecule has 2 fully saturated rings. The molecule has 7 heterocycles. The van der Waals surface area contributed by atoms with E-state index < -0.39 is 5.82 Å². The van der Waals surface area contributed by atoms with E-state index in [0.717, 1.165) is 55.3 Å². The van der Waals surface area contributed by atoms with E-state index in [9.17, 15) is 4.79 Å². The van der Waals surface area contributed by atoms with Gasteiger partial charge in [-0.05, 0) is 56.6 Å². The summed E-state index contributed by atoms with van der Waals surface area (Å²) in [5.74, 6) is 0.932. The van der Waals surface area contributed by atoms with Crippen molar-refractivity contribution in [1.82, 2.24) is 29.3 Å². The molecule has 2 atom stereocenters. The van der Waals surface area contributed by atoms with Crippen LogP contribution < -0.4 is 25.7 Å². The first-order valence-electron chi connectivity index (χ1n) is 15.9. The van der Waals surface area contributed by atoms with Crippen LogP contribution in [0.1, 0.15) is 36.3 Å². The van der Waals surface area contributed by atoms with Gasteiger partial charge in [0.15, 0.2) is 17.1 Å². The number of ether oxygens (including phenoxy) is 1. The molecule has 2 saturated heterocycles. The summed E-state index contributed by atoms with van der Waals surface area (Å²) < 4.78 is 23.2. The lowest BCUT2D eigenvalue weighted by Gasteiger charge is -2.41. The highest BCUT2D eigenvalue weighted by Gasteiger charge is 2.34. The molecule has 0 radical (unpaired) electrons. The summed E-state index contributed by atoms with van der Waals surface area (Å²) in [6, 6.07) is 9.34. The Morgan fingerprint density at radius 1 is 1.09 bits per heavy atom. The highest BCUT2D eigenvalue weighted by molar-refractivity contribution is 8.00. The fraction of sp³-hybridized carbons (Fsp3) is 0.455. The van der Waals surface area contributed by atoms with Crippen molar-refractivity contribution in [3.8, 4) is 5.88 Å². The number of hydrogen-bond donors (Lipinski definition) is 1. The molecule has 2 N–H and O–H groups in total. The van der Waals surface area contributed by atoms with E-state index in [2.05, 4.69) is 43.2 Å². The molecule has 0 aromatic carbocycles. The minimum Gasteiger partial charge on any atom is -0.481 e. The number of hydrogen-bond acceptors (Lipinski definition) is 11. The third-order valence-corrected chi connectivity index (χ3v) is 10.6. The minimum absolute atomic E-state index is 0.0937. The van der Waals surface area contributed by atoms with E-state index in [1.807, 2.05) is 35.4 Å². The van der Waals surface area contributed by atoms with Crippen molar-refractivity contribution < 1.29 is 9.13 Å². The third kappa shape index (κ3) is 5.87. The number of rotatable bonds is 8. The molecule has 3 aliphatic heterocycles. The fourth-order valence-corrected chi connectivity index (χ4v) is 7.95. The standard InChI is InChI=1S/C33H40FN9O2S/c1-21-43-31-25(16-27(34)32(38-31)40-13-11-39(2)12-14-40)30(44)26(33(43)46-21)20-42(18-22-8-9-36-29(15-22)45-3)24-5-4-10-41(19-24)23-6-7-28(35)37-17-23/h6-9,15-17,21,24H,4-5,10-14,18-20H2,1-3H3,(H2,35,37)/t21?,24-/m0/s1. The zero-order valence-electron chi connectivity index (χ0n) is 26.5. The highest BCUT2D eigenvalue weighted by atomic mass is 32.2. The normalized spacial score (nSPS) is 20.2. The monoisotopic (exact) mass is 645 g/mol. The van der Waals surface area contributed by atoms with E-state index in [1.165, 1.54) is 6.07 Å².